The van der Waals surface area contributed by atoms with Gasteiger partial charge in [0.25, 0.3) is 0 Å². The number of methoxy groups -OCH3 is 1. The highest BCUT2D eigenvalue weighted by Gasteiger charge is 2.28. The van der Waals surface area contributed by atoms with Crippen LogP contribution in [-0.2, 0) is 9.53 Å². The van der Waals surface area contributed by atoms with Crippen LogP contribution in [0, 0.1) is 11.3 Å². The van der Waals surface area contributed by atoms with Crippen LogP contribution in [0.3, 0.4) is 0 Å². The molecular weight excluding hydrogens is 190 g/mol. The van der Waals surface area contributed by atoms with E-state index >= 15 is 0 Å². The van der Waals surface area contributed by atoms with Gasteiger partial charge in [-0.3, -0.25) is 4.79 Å². The number of carbonyl (C=O) groups is 1. The molecule has 0 saturated heterocycles. The van der Waals surface area contributed by atoms with E-state index in [-0.39, 0.29) is 17.3 Å². The lowest BCUT2D eigenvalue weighted by molar-refractivity contribution is -0.146. The quantitative estimate of drug-likeness (QED) is 0.709. The second-order valence-corrected chi connectivity index (χ2v) is 5.67. The molecule has 3 nitrogen and oxygen atoms in total. The zero-order chi connectivity index (χ0) is 11.5. The molecule has 0 aliphatic heterocycles. The van der Waals surface area contributed by atoms with Gasteiger partial charge in [-0.05, 0) is 24.7 Å². The predicted octanol–water partition coefficient (Wildman–Crippen LogP) is 1.96. The lowest BCUT2D eigenvalue weighted by atomic mass is 9.84. The lowest BCUT2D eigenvalue weighted by Gasteiger charge is -2.24. The van der Waals surface area contributed by atoms with Gasteiger partial charge < -0.3 is 10.1 Å². The summed E-state index contributed by atoms with van der Waals surface area (Å²) in [6.45, 7) is 7.22. The van der Waals surface area contributed by atoms with Crippen molar-refractivity contribution in [2.24, 2.45) is 11.3 Å². The largest absolute Gasteiger partial charge is 0.469 e. The Labute approximate surface area is 92.6 Å². The highest BCUT2D eigenvalue weighted by atomic mass is 16.5. The number of carbonyl (C=O) groups excluding carboxylic acids is 1. The van der Waals surface area contributed by atoms with Gasteiger partial charge in [0, 0.05) is 12.6 Å². The molecule has 0 aromatic heterocycles. The summed E-state index contributed by atoms with van der Waals surface area (Å²) in [5.41, 5.74) is 0.171. The number of esters is 1. The van der Waals surface area contributed by atoms with Crippen molar-refractivity contribution in [1.82, 2.24) is 5.32 Å². The van der Waals surface area contributed by atoms with Gasteiger partial charge in [-0.2, -0.15) is 0 Å². The summed E-state index contributed by atoms with van der Waals surface area (Å²) in [5.74, 6) is -0.0892. The molecule has 1 aliphatic carbocycles. The van der Waals surface area contributed by atoms with E-state index < -0.39 is 0 Å². The van der Waals surface area contributed by atoms with Crippen LogP contribution in [-0.4, -0.2) is 25.7 Å². The normalized spacial score (nSPS) is 18.7. The first-order valence-corrected chi connectivity index (χ1v) is 5.73. The van der Waals surface area contributed by atoms with E-state index in [0.717, 1.165) is 13.0 Å². The zero-order valence-electron chi connectivity index (χ0n) is 10.3. The highest BCUT2D eigenvalue weighted by molar-refractivity contribution is 5.72. The third-order valence-corrected chi connectivity index (χ3v) is 2.62. The van der Waals surface area contributed by atoms with Gasteiger partial charge in [-0.25, -0.2) is 0 Å². The van der Waals surface area contributed by atoms with Crippen LogP contribution in [0.2, 0.25) is 0 Å². The summed E-state index contributed by atoms with van der Waals surface area (Å²) < 4.78 is 4.83. The molecule has 1 unspecified atom stereocenters. The number of hydrogen-bond donors (Lipinski definition) is 1. The molecule has 0 spiro atoms. The molecule has 0 aromatic rings. The molecule has 1 atom stereocenters. The fraction of sp³-hybridized carbons (Fsp3) is 0.917. The maximum atomic E-state index is 11.6. The minimum absolute atomic E-state index is 0.00407. The van der Waals surface area contributed by atoms with Crippen LogP contribution < -0.4 is 5.32 Å². The average molecular weight is 213 g/mol. The average Bonchev–Trinajstić information content (AvgIpc) is 2.92. The van der Waals surface area contributed by atoms with Crippen LogP contribution in [0.1, 0.15) is 40.0 Å². The van der Waals surface area contributed by atoms with Gasteiger partial charge >= 0.3 is 5.97 Å². The molecule has 3 heteroatoms. The minimum atomic E-state index is -0.0851. The first kappa shape index (κ1) is 12.5. The van der Waals surface area contributed by atoms with Crippen molar-refractivity contribution in [3.05, 3.63) is 0 Å². The molecule has 88 valence electrons. The summed E-state index contributed by atoms with van der Waals surface area (Å²) in [4.78, 5) is 11.6. The van der Waals surface area contributed by atoms with Crippen molar-refractivity contribution in [2.45, 2.75) is 46.1 Å². The fourth-order valence-electron chi connectivity index (χ4n) is 1.74. The Morgan fingerprint density at radius 1 is 1.47 bits per heavy atom. The Morgan fingerprint density at radius 2 is 2.07 bits per heavy atom. The van der Waals surface area contributed by atoms with Gasteiger partial charge in [-0.1, -0.05) is 20.8 Å². The molecule has 15 heavy (non-hydrogen) atoms. The van der Waals surface area contributed by atoms with E-state index in [1.54, 1.807) is 0 Å². The Bertz CT molecular complexity index is 216. The number of nitrogens with one attached hydrogen (secondary N) is 1. The third-order valence-electron chi connectivity index (χ3n) is 2.62. The second-order valence-electron chi connectivity index (χ2n) is 5.67. The van der Waals surface area contributed by atoms with E-state index in [4.69, 9.17) is 4.74 Å². The van der Waals surface area contributed by atoms with Crippen LogP contribution >= 0.6 is 0 Å². The molecule has 1 fully saturated rings. The van der Waals surface area contributed by atoms with Crippen molar-refractivity contribution in [2.75, 3.05) is 13.7 Å². The number of rotatable bonds is 5. The topological polar surface area (TPSA) is 38.3 Å². The second kappa shape index (κ2) is 4.97. The van der Waals surface area contributed by atoms with Crippen LogP contribution in [0.15, 0.2) is 0 Å². The fourth-order valence-corrected chi connectivity index (χ4v) is 1.74. The van der Waals surface area contributed by atoms with Crippen molar-refractivity contribution in [3.8, 4) is 0 Å². The Morgan fingerprint density at radius 3 is 2.47 bits per heavy atom. The summed E-state index contributed by atoms with van der Waals surface area (Å²) in [5, 5.41) is 3.39. The number of ether oxygens (including phenoxy) is 1. The van der Waals surface area contributed by atoms with Crippen molar-refractivity contribution in [3.63, 3.8) is 0 Å². The maximum Gasteiger partial charge on any atom is 0.309 e. The molecule has 1 N–H and O–H groups in total. The van der Waals surface area contributed by atoms with Gasteiger partial charge in [0.2, 0.25) is 0 Å². The van der Waals surface area contributed by atoms with Gasteiger partial charge in [0.15, 0.2) is 0 Å². The first-order chi connectivity index (χ1) is 6.92. The highest BCUT2D eigenvalue weighted by Crippen LogP contribution is 2.26. The number of hydrogen-bond acceptors (Lipinski definition) is 3. The summed E-state index contributed by atoms with van der Waals surface area (Å²) >= 11 is 0. The molecule has 1 aliphatic rings. The lowest BCUT2D eigenvalue weighted by Crippen LogP contribution is -2.33. The van der Waals surface area contributed by atoms with Crippen molar-refractivity contribution >= 4 is 5.97 Å². The minimum Gasteiger partial charge on any atom is -0.469 e. The Balaban J connectivity index is 2.39. The zero-order valence-corrected chi connectivity index (χ0v) is 10.3. The molecule has 1 saturated carbocycles. The standard InChI is InChI=1S/C12H23NO2/c1-12(2,3)7-9(11(14)15-4)8-13-10-5-6-10/h9-10,13H,5-8H2,1-4H3. The van der Waals surface area contributed by atoms with E-state index in [0.29, 0.717) is 6.04 Å². The Kier molecular flexibility index (Phi) is 4.14. The molecule has 0 aromatic carbocycles. The van der Waals surface area contributed by atoms with E-state index in [9.17, 15) is 4.79 Å². The van der Waals surface area contributed by atoms with E-state index in [1.807, 2.05) is 0 Å². The maximum absolute atomic E-state index is 11.6. The van der Waals surface area contributed by atoms with Gasteiger partial charge in [-0.15, -0.1) is 0 Å². The van der Waals surface area contributed by atoms with E-state index in [2.05, 4.69) is 26.1 Å². The summed E-state index contributed by atoms with van der Waals surface area (Å²) in [6.07, 6.45) is 3.38. The van der Waals surface area contributed by atoms with E-state index in [1.165, 1.54) is 20.0 Å². The predicted molar refractivity (Wildman–Crippen MR) is 60.6 cm³/mol. The molecule has 0 amide bonds. The molecule has 0 bridgehead atoms. The summed E-state index contributed by atoms with van der Waals surface area (Å²) in [7, 11) is 1.47. The van der Waals surface area contributed by atoms with Crippen LogP contribution in [0.4, 0.5) is 0 Å². The monoisotopic (exact) mass is 213 g/mol. The third kappa shape index (κ3) is 5.17. The molecule has 0 heterocycles. The van der Waals surface area contributed by atoms with Crippen molar-refractivity contribution < 1.29 is 9.53 Å². The van der Waals surface area contributed by atoms with Gasteiger partial charge in [0.1, 0.15) is 0 Å². The van der Waals surface area contributed by atoms with Gasteiger partial charge in [0.05, 0.1) is 13.0 Å². The molecular formula is C12H23NO2. The molecule has 1 rings (SSSR count). The van der Waals surface area contributed by atoms with Crippen molar-refractivity contribution in [1.29, 1.82) is 0 Å². The SMILES string of the molecule is COC(=O)C(CNC1CC1)CC(C)(C)C. The summed E-state index contributed by atoms with van der Waals surface area (Å²) in [6, 6.07) is 0.650. The van der Waals surface area contributed by atoms with Crippen LogP contribution in [0.5, 0.6) is 0 Å². The Hall–Kier alpha value is -0.570. The molecule has 0 radical (unpaired) electrons. The smallest absolute Gasteiger partial charge is 0.309 e. The van der Waals surface area contributed by atoms with Crippen LogP contribution in [0.25, 0.3) is 0 Å². The first-order valence-electron chi connectivity index (χ1n) is 5.73.